The minimum atomic E-state index is -0.370. The van der Waals surface area contributed by atoms with E-state index in [1.165, 1.54) is 0 Å². The molecule has 0 bridgehead atoms. The van der Waals surface area contributed by atoms with Crippen LogP contribution in [0.4, 0.5) is 17.1 Å². The van der Waals surface area contributed by atoms with Crippen molar-refractivity contribution in [1.82, 2.24) is 9.80 Å². The van der Waals surface area contributed by atoms with E-state index >= 15 is 0 Å². The monoisotopic (exact) mass is 579 g/mol. The van der Waals surface area contributed by atoms with Crippen molar-refractivity contribution in [1.29, 1.82) is 0 Å². The molecular weight excluding hydrogens is 542 g/mol. The summed E-state index contributed by atoms with van der Waals surface area (Å²) in [6.45, 7) is 4.05. The van der Waals surface area contributed by atoms with E-state index in [2.05, 4.69) is 22.3 Å². The van der Waals surface area contributed by atoms with Crippen LogP contribution in [0, 0.1) is 11.8 Å². The summed E-state index contributed by atoms with van der Waals surface area (Å²) in [7, 11) is 0. The minimum absolute atomic E-state index is 0.0195. The zero-order valence-corrected chi connectivity index (χ0v) is 24.2. The van der Waals surface area contributed by atoms with Gasteiger partial charge in [0, 0.05) is 69.5 Å². The first-order valence-corrected chi connectivity index (χ1v) is 15.1. The van der Waals surface area contributed by atoms with Gasteiger partial charge in [-0.2, -0.15) is 0 Å². The van der Waals surface area contributed by atoms with Gasteiger partial charge >= 0.3 is 0 Å². The van der Waals surface area contributed by atoms with Crippen molar-refractivity contribution in [3.63, 3.8) is 0 Å². The van der Waals surface area contributed by atoms with E-state index in [0.717, 1.165) is 24.5 Å². The molecular formula is C34H37N5O4. The Kier molecular flexibility index (Phi) is 8.40. The fourth-order valence-electron chi connectivity index (χ4n) is 6.34. The second-order valence-electron chi connectivity index (χ2n) is 11.5. The van der Waals surface area contributed by atoms with Gasteiger partial charge in [0.1, 0.15) is 0 Å². The summed E-state index contributed by atoms with van der Waals surface area (Å²) >= 11 is 0. The number of para-hydroxylation sites is 3. The third-order valence-corrected chi connectivity index (χ3v) is 8.82. The molecule has 1 unspecified atom stereocenters. The molecule has 43 heavy (non-hydrogen) atoms. The first kappa shape index (κ1) is 28.5. The third-order valence-electron chi connectivity index (χ3n) is 8.82. The molecule has 3 aromatic carbocycles. The molecule has 222 valence electrons. The van der Waals surface area contributed by atoms with Crippen molar-refractivity contribution in [2.75, 3.05) is 60.9 Å². The number of nitrogens with one attached hydrogen (secondary N) is 1. The lowest BCUT2D eigenvalue weighted by Gasteiger charge is -2.36. The number of likely N-dealkylation sites (tertiary alicyclic amines) is 1. The van der Waals surface area contributed by atoms with Gasteiger partial charge < -0.3 is 24.9 Å². The first-order valence-electron chi connectivity index (χ1n) is 15.1. The van der Waals surface area contributed by atoms with Crippen LogP contribution in [0.25, 0.3) is 0 Å². The molecule has 1 atom stereocenters. The van der Waals surface area contributed by atoms with E-state index in [4.69, 9.17) is 0 Å². The third kappa shape index (κ3) is 6.26. The maximum Gasteiger partial charge on any atom is 0.256 e. The van der Waals surface area contributed by atoms with Gasteiger partial charge in [-0.25, -0.2) is 0 Å². The molecule has 4 amide bonds. The van der Waals surface area contributed by atoms with Crippen LogP contribution in [-0.2, 0) is 14.4 Å². The summed E-state index contributed by atoms with van der Waals surface area (Å²) < 4.78 is 0. The highest BCUT2D eigenvalue weighted by Crippen LogP contribution is 2.29. The van der Waals surface area contributed by atoms with Crippen LogP contribution in [0.2, 0.25) is 0 Å². The van der Waals surface area contributed by atoms with E-state index in [9.17, 15) is 19.2 Å². The Bertz CT molecular complexity index is 1460. The number of hydrogen-bond donors (Lipinski definition) is 1. The Labute approximate surface area is 252 Å². The summed E-state index contributed by atoms with van der Waals surface area (Å²) in [6, 6.07) is 26.8. The van der Waals surface area contributed by atoms with Crippen LogP contribution in [0.1, 0.15) is 29.6 Å². The predicted molar refractivity (Wildman–Crippen MR) is 166 cm³/mol. The van der Waals surface area contributed by atoms with E-state index in [-0.39, 0.29) is 41.9 Å². The van der Waals surface area contributed by atoms with Crippen LogP contribution in [-0.4, -0.2) is 79.2 Å². The number of piperidine rings is 1. The molecule has 0 aromatic heterocycles. The molecule has 3 heterocycles. The van der Waals surface area contributed by atoms with Crippen LogP contribution in [0.5, 0.6) is 0 Å². The second-order valence-corrected chi connectivity index (χ2v) is 11.5. The average molecular weight is 580 g/mol. The lowest BCUT2D eigenvalue weighted by atomic mass is 9.94. The Morgan fingerprint density at radius 1 is 0.651 bits per heavy atom. The number of amides is 4. The highest BCUT2D eigenvalue weighted by Gasteiger charge is 2.38. The summed E-state index contributed by atoms with van der Waals surface area (Å²) in [5.74, 6) is -0.899. The zero-order valence-electron chi connectivity index (χ0n) is 24.2. The van der Waals surface area contributed by atoms with Crippen molar-refractivity contribution in [2.45, 2.75) is 19.3 Å². The molecule has 9 heteroatoms. The van der Waals surface area contributed by atoms with E-state index in [1.54, 1.807) is 21.9 Å². The molecule has 3 fully saturated rings. The van der Waals surface area contributed by atoms with Crippen molar-refractivity contribution < 1.29 is 19.2 Å². The van der Waals surface area contributed by atoms with Crippen LogP contribution >= 0.6 is 0 Å². The number of nitrogens with zero attached hydrogens (tertiary/aromatic N) is 4. The van der Waals surface area contributed by atoms with Crippen LogP contribution in [0.15, 0.2) is 84.9 Å². The number of hydrogen-bond acceptors (Lipinski definition) is 5. The SMILES string of the molecule is O=C(Nc1ccccc1C(=O)N1CCN(c2ccccc2)CC1)C1CCN(C(=O)C2CC(=O)N(c3ccccc3)C2)CC1. The number of anilines is 3. The molecule has 0 spiro atoms. The largest absolute Gasteiger partial charge is 0.368 e. The Balaban J connectivity index is 1.01. The second kappa shape index (κ2) is 12.7. The molecule has 3 saturated heterocycles. The number of carbonyl (C=O) groups is 4. The number of carbonyl (C=O) groups excluding carboxylic acids is 4. The average Bonchev–Trinajstić information content (AvgIpc) is 3.46. The summed E-state index contributed by atoms with van der Waals surface area (Å²) in [5, 5.41) is 3.01. The summed E-state index contributed by atoms with van der Waals surface area (Å²) in [6.07, 6.45) is 1.29. The summed E-state index contributed by atoms with van der Waals surface area (Å²) in [5.41, 5.74) is 2.98. The highest BCUT2D eigenvalue weighted by atomic mass is 16.2. The fraction of sp³-hybridized carbons (Fsp3) is 0.353. The quantitative estimate of drug-likeness (QED) is 0.479. The fourth-order valence-corrected chi connectivity index (χ4v) is 6.34. The Morgan fingerprint density at radius 2 is 1.26 bits per heavy atom. The van der Waals surface area contributed by atoms with Gasteiger partial charge in [0.15, 0.2) is 0 Å². The van der Waals surface area contributed by atoms with Gasteiger partial charge in [-0.15, -0.1) is 0 Å². The number of piperazine rings is 1. The standard InChI is InChI=1S/C34H37N5O4/c40-31-23-26(24-39(31)28-11-5-2-6-12-28)33(42)37-17-15-25(16-18-37)32(41)35-30-14-8-7-13-29(30)34(43)38-21-19-36(20-22-38)27-9-3-1-4-10-27/h1-14,25-26H,15-24H2,(H,35,41). The number of rotatable bonds is 6. The van der Waals surface area contributed by atoms with Gasteiger partial charge in [0.05, 0.1) is 17.2 Å². The highest BCUT2D eigenvalue weighted by molar-refractivity contribution is 6.04. The lowest BCUT2D eigenvalue weighted by Crippen LogP contribution is -2.49. The van der Waals surface area contributed by atoms with Gasteiger partial charge in [0.2, 0.25) is 17.7 Å². The van der Waals surface area contributed by atoms with Gasteiger partial charge in [0.25, 0.3) is 5.91 Å². The molecule has 9 nitrogen and oxygen atoms in total. The van der Waals surface area contributed by atoms with Crippen LogP contribution < -0.4 is 15.1 Å². The smallest absolute Gasteiger partial charge is 0.256 e. The molecule has 3 aromatic rings. The lowest BCUT2D eigenvalue weighted by molar-refractivity contribution is -0.138. The Morgan fingerprint density at radius 3 is 1.93 bits per heavy atom. The normalized spacial score (nSPS) is 19.4. The first-order chi connectivity index (χ1) is 21.0. The molecule has 6 rings (SSSR count). The van der Waals surface area contributed by atoms with Crippen molar-refractivity contribution in [3.8, 4) is 0 Å². The van der Waals surface area contributed by atoms with Gasteiger partial charge in [-0.3, -0.25) is 19.2 Å². The van der Waals surface area contributed by atoms with Crippen LogP contribution in [0.3, 0.4) is 0 Å². The molecule has 0 aliphatic carbocycles. The topological polar surface area (TPSA) is 93.3 Å². The predicted octanol–water partition coefficient (Wildman–Crippen LogP) is 3.88. The van der Waals surface area contributed by atoms with Gasteiger partial charge in [-0.05, 0) is 49.2 Å². The van der Waals surface area contributed by atoms with E-state index in [1.807, 2.05) is 65.6 Å². The molecule has 0 radical (unpaired) electrons. The van der Waals surface area contributed by atoms with Crippen molar-refractivity contribution in [2.24, 2.45) is 11.8 Å². The maximum atomic E-state index is 13.5. The van der Waals surface area contributed by atoms with Crippen molar-refractivity contribution in [3.05, 3.63) is 90.5 Å². The minimum Gasteiger partial charge on any atom is -0.368 e. The van der Waals surface area contributed by atoms with Crippen molar-refractivity contribution >= 4 is 40.7 Å². The van der Waals surface area contributed by atoms with E-state index < -0.39 is 0 Å². The molecule has 3 aliphatic heterocycles. The Hall–Kier alpha value is -4.66. The molecule has 3 aliphatic rings. The van der Waals surface area contributed by atoms with E-state index in [0.29, 0.717) is 56.8 Å². The summed E-state index contributed by atoms with van der Waals surface area (Å²) in [4.78, 5) is 60.3. The van der Waals surface area contributed by atoms with Gasteiger partial charge in [-0.1, -0.05) is 48.5 Å². The molecule has 1 N–H and O–H groups in total. The molecule has 0 saturated carbocycles. The number of benzene rings is 3. The zero-order chi connectivity index (χ0) is 29.8. The maximum absolute atomic E-state index is 13.5.